The molecule has 102 valence electrons. The van der Waals surface area contributed by atoms with Gasteiger partial charge in [-0.2, -0.15) is 0 Å². The van der Waals surface area contributed by atoms with Gasteiger partial charge < -0.3 is 5.32 Å². The van der Waals surface area contributed by atoms with Crippen molar-refractivity contribution in [3.8, 4) is 0 Å². The van der Waals surface area contributed by atoms with E-state index in [1.165, 1.54) is 0 Å². The lowest BCUT2D eigenvalue weighted by Crippen LogP contribution is -2.36. The van der Waals surface area contributed by atoms with Crippen molar-refractivity contribution in [1.82, 2.24) is 15.3 Å². The predicted octanol–water partition coefficient (Wildman–Crippen LogP) is 3.22. The molecule has 0 amide bonds. The van der Waals surface area contributed by atoms with Gasteiger partial charge in [-0.1, -0.05) is 20.8 Å². The largest absolute Gasteiger partial charge is 0.314 e. The Bertz CT molecular complexity index is 374. The second kappa shape index (κ2) is 6.83. The molecule has 1 aromatic rings. The smallest absolute Gasteiger partial charge is 0.0667 e. The molecule has 0 aliphatic rings. The minimum atomic E-state index is 0.420. The fourth-order valence-corrected chi connectivity index (χ4v) is 2.50. The van der Waals surface area contributed by atoms with E-state index in [9.17, 15) is 0 Å². The van der Waals surface area contributed by atoms with Gasteiger partial charge in [-0.15, -0.1) is 0 Å². The van der Waals surface area contributed by atoms with Gasteiger partial charge in [0, 0.05) is 18.2 Å². The Morgan fingerprint density at radius 2 is 1.89 bits per heavy atom. The topological polar surface area (TPSA) is 37.8 Å². The van der Waals surface area contributed by atoms with Gasteiger partial charge in [-0.05, 0) is 39.7 Å². The van der Waals surface area contributed by atoms with Crippen LogP contribution in [0.4, 0.5) is 0 Å². The fraction of sp³-hybridized carbons (Fsp3) is 0.733. The van der Waals surface area contributed by atoms with Gasteiger partial charge in [-0.25, -0.2) is 0 Å². The normalized spacial score (nSPS) is 14.8. The second-order valence-electron chi connectivity index (χ2n) is 5.49. The van der Waals surface area contributed by atoms with Crippen LogP contribution < -0.4 is 5.32 Å². The Morgan fingerprint density at radius 1 is 1.22 bits per heavy atom. The van der Waals surface area contributed by atoms with Crippen LogP contribution in [0.1, 0.15) is 57.1 Å². The number of nitrogens with one attached hydrogen (secondary N) is 1. The number of aryl methyl sites for hydroxylation is 2. The maximum absolute atomic E-state index is 4.72. The zero-order chi connectivity index (χ0) is 13.7. The predicted molar refractivity (Wildman–Crippen MR) is 76.8 cm³/mol. The zero-order valence-corrected chi connectivity index (χ0v) is 12.6. The summed E-state index contributed by atoms with van der Waals surface area (Å²) in [6.07, 6.45) is 3.01. The molecule has 0 saturated heterocycles. The highest BCUT2D eigenvalue weighted by Crippen LogP contribution is 2.28. The molecule has 1 N–H and O–H groups in total. The van der Waals surface area contributed by atoms with E-state index in [0.717, 1.165) is 30.0 Å². The monoisotopic (exact) mass is 249 g/mol. The molecule has 1 heterocycles. The summed E-state index contributed by atoms with van der Waals surface area (Å²) < 4.78 is 0. The number of rotatable bonds is 6. The summed E-state index contributed by atoms with van der Waals surface area (Å²) in [5, 5.41) is 3.59. The van der Waals surface area contributed by atoms with Crippen LogP contribution in [0, 0.1) is 19.8 Å². The molecule has 1 aromatic heterocycles. The Hall–Kier alpha value is -0.960. The van der Waals surface area contributed by atoms with Crippen molar-refractivity contribution in [2.45, 2.75) is 59.9 Å². The van der Waals surface area contributed by atoms with E-state index < -0.39 is 0 Å². The average Bonchev–Trinajstić information content (AvgIpc) is 2.30. The molecule has 0 fully saturated rings. The number of aromatic nitrogens is 2. The molecule has 3 nitrogen and oxygen atoms in total. The molecular weight excluding hydrogens is 222 g/mol. The van der Waals surface area contributed by atoms with Gasteiger partial charge >= 0.3 is 0 Å². The maximum atomic E-state index is 4.72. The first-order valence-electron chi connectivity index (χ1n) is 7.00. The third kappa shape index (κ3) is 3.77. The molecule has 0 saturated carbocycles. The van der Waals surface area contributed by atoms with E-state index >= 15 is 0 Å². The highest BCUT2D eigenvalue weighted by atomic mass is 14.9. The third-order valence-electron chi connectivity index (χ3n) is 3.40. The van der Waals surface area contributed by atoms with Crippen LogP contribution in [0.5, 0.6) is 0 Å². The van der Waals surface area contributed by atoms with Crippen LogP contribution in [0.25, 0.3) is 0 Å². The quantitative estimate of drug-likeness (QED) is 0.841. The summed E-state index contributed by atoms with van der Waals surface area (Å²) in [4.78, 5) is 9.18. The molecule has 0 aromatic carbocycles. The van der Waals surface area contributed by atoms with Crippen LogP contribution >= 0.6 is 0 Å². The summed E-state index contributed by atoms with van der Waals surface area (Å²) >= 11 is 0. The Balaban J connectivity index is 3.00. The van der Waals surface area contributed by atoms with E-state index in [1.807, 2.05) is 13.1 Å². The van der Waals surface area contributed by atoms with Crippen molar-refractivity contribution in [2.24, 2.45) is 5.92 Å². The first-order chi connectivity index (χ1) is 8.47. The van der Waals surface area contributed by atoms with Crippen LogP contribution in [0.3, 0.4) is 0 Å². The van der Waals surface area contributed by atoms with E-state index in [0.29, 0.717) is 17.9 Å². The molecule has 0 radical (unpaired) electrons. The van der Waals surface area contributed by atoms with Crippen LogP contribution in [0.15, 0.2) is 6.20 Å². The van der Waals surface area contributed by atoms with Crippen molar-refractivity contribution in [3.05, 3.63) is 23.3 Å². The van der Waals surface area contributed by atoms with Crippen molar-refractivity contribution < 1.29 is 0 Å². The number of hydrogen-bond donors (Lipinski definition) is 1. The number of hydrogen-bond acceptors (Lipinski definition) is 3. The molecular formula is C15H27N3. The van der Waals surface area contributed by atoms with E-state index in [2.05, 4.69) is 44.9 Å². The molecule has 2 atom stereocenters. The Kier molecular flexibility index (Phi) is 5.73. The molecule has 18 heavy (non-hydrogen) atoms. The first kappa shape index (κ1) is 15.1. The first-order valence-corrected chi connectivity index (χ1v) is 7.00. The molecule has 2 unspecified atom stereocenters. The minimum Gasteiger partial charge on any atom is -0.314 e. The summed E-state index contributed by atoms with van der Waals surface area (Å²) in [6, 6.07) is 0.430. The second-order valence-corrected chi connectivity index (χ2v) is 5.49. The van der Waals surface area contributed by atoms with E-state index in [4.69, 9.17) is 4.98 Å². The Labute approximate surface area is 111 Å². The average molecular weight is 249 g/mol. The molecule has 3 heteroatoms. The van der Waals surface area contributed by atoms with Crippen LogP contribution in [-0.2, 0) is 0 Å². The molecule has 0 aliphatic heterocycles. The SMILES string of the molecule is CCCNC(C)C(c1nc(C)cnc1C)C(C)C. The lowest BCUT2D eigenvalue weighted by Gasteiger charge is -2.29. The van der Waals surface area contributed by atoms with Crippen molar-refractivity contribution in [1.29, 1.82) is 0 Å². The summed E-state index contributed by atoms with van der Waals surface area (Å²) in [5.41, 5.74) is 3.22. The lowest BCUT2D eigenvalue weighted by molar-refractivity contribution is 0.368. The van der Waals surface area contributed by atoms with Crippen molar-refractivity contribution in [3.63, 3.8) is 0 Å². The lowest BCUT2D eigenvalue weighted by atomic mass is 9.85. The Morgan fingerprint density at radius 3 is 2.44 bits per heavy atom. The van der Waals surface area contributed by atoms with Gasteiger partial charge in [0.1, 0.15) is 0 Å². The third-order valence-corrected chi connectivity index (χ3v) is 3.40. The van der Waals surface area contributed by atoms with Crippen molar-refractivity contribution >= 4 is 0 Å². The standard InChI is InChI=1S/C15H27N3/c1-7-8-16-12(5)14(10(2)3)15-13(6)17-9-11(4)18-15/h9-10,12,14,16H,7-8H2,1-6H3. The van der Waals surface area contributed by atoms with Gasteiger partial charge in [0.25, 0.3) is 0 Å². The molecule has 0 aliphatic carbocycles. The maximum Gasteiger partial charge on any atom is 0.0667 e. The fourth-order valence-electron chi connectivity index (χ4n) is 2.50. The van der Waals surface area contributed by atoms with E-state index in [1.54, 1.807) is 0 Å². The molecule has 0 bridgehead atoms. The van der Waals surface area contributed by atoms with Gasteiger partial charge in [0.2, 0.25) is 0 Å². The summed E-state index contributed by atoms with van der Waals surface area (Å²) in [6.45, 7) is 14.1. The minimum absolute atomic E-state index is 0.420. The molecule has 0 spiro atoms. The van der Waals surface area contributed by atoms with Crippen molar-refractivity contribution in [2.75, 3.05) is 6.54 Å². The van der Waals surface area contributed by atoms with Crippen LogP contribution in [-0.4, -0.2) is 22.6 Å². The summed E-state index contributed by atoms with van der Waals surface area (Å²) in [5.74, 6) is 0.975. The highest BCUT2D eigenvalue weighted by Gasteiger charge is 2.25. The van der Waals surface area contributed by atoms with Gasteiger partial charge in [0.05, 0.1) is 17.1 Å². The van der Waals surface area contributed by atoms with Gasteiger partial charge in [-0.3, -0.25) is 9.97 Å². The highest BCUT2D eigenvalue weighted by molar-refractivity contribution is 5.19. The zero-order valence-electron chi connectivity index (χ0n) is 12.6. The van der Waals surface area contributed by atoms with E-state index in [-0.39, 0.29) is 0 Å². The van der Waals surface area contributed by atoms with Gasteiger partial charge in [0.15, 0.2) is 0 Å². The summed E-state index contributed by atoms with van der Waals surface area (Å²) in [7, 11) is 0. The number of nitrogens with zero attached hydrogens (tertiary/aromatic N) is 2. The molecule has 1 rings (SSSR count). The van der Waals surface area contributed by atoms with Crippen LogP contribution in [0.2, 0.25) is 0 Å².